The quantitative estimate of drug-likeness (QED) is 0.142. The van der Waals surface area contributed by atoms with E-state index >= 15 is 0 Å². The Kier molecular flexibility index (Phi) is 8.43. The molecule has 220 valence electrons. The Labute approximate surface area is 257 Å². The number of likely N-dealkylation sites (tertiary alicyclic amines) is 1. The first-order valence-corrected chi connectivity index (χ1v) is 14.8. The van der Waals surface area contributed by atoms with Gasteiger partial charge in [0.2, 0.25) is 0 Å². The van der Waals surface area contributed by atoms with Crippen LogP contribution in [0.5, 0.6) is 0 Å². The smallest absolute Gasteiger partial charge is 0.165 e. The van der Waals surface area contributed by atoms with Gasteiger partial charge in [-0.2, -0.15) is 5.26 Å². The SMILES string of the molecule is CN=C(/C=C(\C)C#N)NC1CCN(Cc2ccc(-n3c(-c4cccnc4N)nc4ccc(-c5ccccc5)nc43)cc2)CC1. The molecule has 4 heterocycles. The Balaban J connectivity index is 1.24. The van der Waals surface area contributed by atoms with E-state index in [1.807, 2.05) is 48.5 Å². The van der Waals surface area contributed by atoms with Crippen molar-refractivity contribution >= 4 is 22.8 Å². The van der Waals surface area contributed by atoms with E-state index in [2.05, 4.69) is 67.2 Å². The van der Waals surface area contributed by atoms with E-state index in [1.165, 1.54) is 5.56 Å². The Morgan fingerprint density at radius 3 is 2.50 bits per heavy atom. The van der Waals surface area contributed by atoms with Gasteiger partial charge in [-0.3, -0.25) is 14.5 Å². The molecule has 1 aliphatic heterocycles. The first-order chi connectivity index (χ1) is 21.5. The van der Waals surface area contributed by atoms with Crippen LogP contribution in [0.1, 0.15) is 25.3 Å². The summed E-state index contributed by atoms with van der Waals surface area (Å²) in [5.41, 5.74) is 13.4. The summed E-state index contributed by atoms with van der Waals surface area (Å²) in [5.74, 6) is 1.90. The summed E-state index contributed by atoms with van der Waals surface area (Å²) in [6.07, 6.45) is 5.53. The topological polar surface area (TPSA) is 121 Å². The highest BCUT2D eigenvalue weighted by atomic mass is 15.2. The second-order valence-corrected chi connectivity index (χ2v) is 11.0. The van der Waals surface area contributed by atoms with E-state index in [1.54, 1.807) is 20.2 Å². The van der Waals surface area contributed by atoms with Crippen molar-refractivity contribution < 1.29 is 0 Å². The van der Waals surface area contributed by atoms with Crippen molar-refractivity contribution in [2.75, 3.05) is 25.9 Å². The molecule has 0 atom stereocenters. The zero-order valence-electron chi connectivity index (χ0n) is 25.0. The van der Waals surface area contributed by atoms with Crippen molar-refractivity contribution in [3.05, 3.63) is 102 Å². The Hall–Kier alpha value is -5.33. The number of piperidine rings is 1. The highest BCUT2D eigenvalue weighted by molar-refractivity contribution is 5.94. The molecule has 0 saturated carbocycles. The number of fused-ring (bicyclic) bond motifs is 1. The molecule has 1 fully saturated rings. The lowest BCUT2D eigenvalue weighted by atomic mass is 10.0. The van der Waals surface area contributed by atoms with Crippen LogP contribution in [0.4, 0.5) is 5.82 Å². The molecule has 5 aromatic rings. The van der Waals surface area contributed by atoms with Crippen molar-refractivity contribution in [1.29, 1.82) is 5.26 Å². The number of nitrogens with zero attached hydrogens (tertiary/aromatic N) is 7. The van der Waals surface area contributed by atoms with Crippen LogP contribution in [0.25, 0.3) is 39.5 Å². The normalized spacial score (nSPS) is 14.9. The number of benzene rings is 2. The second kappa shape index (κ2) is 12.9. The van der Waals surface area contributed by atoms with Gasteiger partial charge in [0.15, 0.2) is 11.5 Å². The van der Waals surface area contributed by atoms with E-state index in [-0.39, 0.29) is 0 Å². The monoisotopic (exact) mass is 581 g/mol. The number of nitrogens with two attached hydrogens (primary N) is 1. The Bertz CT molecular complexity index is 1860. The maximum Gasteiger partial charge on any atom is 0.165 e. The van der Waals surface area contributed by atoms with Crippen LogP contribution >= 0.6 is 0 Å². The van der Waals surface area contributed by atoms with Gasteiger partial charge in [-0.1, -0.05) is 42.5 Å². The largest absolute Gasteiger partial charge is 0.383 e. The average Bonchev–Trinajstić information content (AvgIpc) is 3.44. The predicted octanol–water partition coefficient (Wildman–Crippen LogP) is 5.78. The molecule has 0 bridgehead atoms. The molecular weight excluding hydrogens is 546 g/mol. The molecular formula is C35H35N9. The molecule has 0 radical (unpaired) electrons. The number of pyridine rings is 2. The maximum atomic E-state index is 9.09. The number of hydrogen-bond acceptors (Lipinski definition) is 7. The summed E-state index contributed by atoms with van der Waals surface area (Å²) in [7, 11) is 1.75. The number of anilines is 1. The lowest BCUT2D eigenvalue weighted by Gasteiger charge is -2.32. The van der Waals surface area contributed by atoms with Gasteiger partial charge >= 0.3 is 0 Å². The van der Waals surface area contributed by atoms with Gasteiger partial charge < -0.3 is 11.1 Å². The molecule has 9 nitrogen and oxygen atoms in total. The first-order valence-electron chi connectivity index (χ1n) is 14.8. The van der Waals surface area contributed by atoms with Crippen molar-refractivity contribution in [3.63, 3.8) is 0 Å². The summed E-state index contributed by atoms with van der Waals surface area (Å²) in [5, 5.41) is 12.6. The number of nitrogen functional groups attached to an aromatic ring is 1. The highest BCUT2D eigenvalue weighted by Gasteiger charge is 2.21. The zero-order chi connectivity index (χ0) is 30.5. The number of nitriles is 1. The third-order valence-corrected chi connectivity index (χ3v) is 7.96. The minimum Gasteiger partial charge on any atom is -0.383 e. The van der Waals surface area contributed by atoms with Gasteiger partial charge in [0.25, 0.3) is 0 Å². The van der Waals surface area contributed by atoms with Crippen LogP contribution in [0.2, 0.25) is 0 Å². The van der Waals surface area contributed by atoms with Crippen LogP contribution in [0.3, 0.4) is 0 Å². The van der Waals surface area contributed by atoms with E-state index < -0.39 is 0 Å². The third kappa shape index (κ3) is 6.21. The fourth-order valence-corrected chi connectivity index (χ4v) is 5.62. The number of aromatic nitrogens is 4. The first kappa shape index (κ1) is 28.8. The molecule has 0 spiro atoms. The van der Waals surface area contributed by atoms with Crippen LogP contribution in [0, 0.1) is 11.3 Å². The highest BCUT2D eigenvalue weighted by Crippen LogP contribution is 2.32. The van der Waals surface area contributed by atoms with Crippen LogP contribution in [-0.4, -0.2) is 56.4 Å². The van der Waals surface area contributed by atoms with Gasteiger partial charge in [0, 0.05) is 55.7 Å². The summed E-state index contributed by atoms with van der Waals surface area (Å²) < 4.78 is 2.07. The predicted molar refractivity (Wildman–Crippen MR) is 176 cm³/mol. The van der Waals surface area contributed by atoms with Gasteiger partial charge in [-0.25, -0.2) is 15.0 Å². The summed E-state index contributed by atoms with van der Waals surface area (Å²) in [4.78, 5) is 21.1. The second-order valence-electron chi connectivity index (χ2n) is 11.0. The fourth-order valence-electron chi connectivity index (χ4n) is 5.62. The van der Waals surface area contributed by atoms with E-state index in [0.29, 0.717) is 23.3 Å². The van der Waals surface area contributed by atoms with Gasteiger partial charge in [0.1, 0.15) is 17.2 Å². The van der Waals surface area contributed by atoms with E-state index in [9.17, 15) is 0 Å². The molecule has 3 N–H and O–H groups in total. The molecule has 6 rings (SSSR count). The Morgan fingerprint density at radius 2 is 1.80 bits per heavy atom. The van der Waals surface area contributed by atoms with Gasteiger partial charge in [-0.05, 0) is 67.8 Å². The van der Waals surface area contributed by atoms with Crippen molar-refractivity contribution in [2.24, 2.45) is 4.99 Å². The van der Waals surface area contributed by atoms with Gasteiger partial charge in [-0.15, -0.1) is 0 Å². The average molecular weight is 582 g/mol. The van der Waals surface area contributed by atoms with Crippen molar-refractivity contribution in [2.45, 2.75) is 32.4 Å². The number of amidine groups is 1. The molecule has 0 amide bonds. The minimum absolute atomic E-state index is 0.344. The molecule has 0 unspecified atom stereocenters. The van der Waals surface area contributed by atoms with Crippen molar-refractivity contribution in [1.82, 2.24) is 29.7 Å². The zero-order valence-corrected chi connectivity index (χ0v) is 25.0. The number of rotatable bonds is 7. The van der Waals surface area contributed by atoms with E-state index in [4.69, 9.17) is 21.0 Å². The lowest BCUT2D eigenvalue weighted by molar-refractivity contribution is 0.199. The number of aliphatic imine (C=N–C) groups is 1. The minimum atomic E-state index is 0.344. The molecule has 3 aromatic heterocycles. The Morgan fingerprint density at radius 1 is 1.02 bits per heavy atom. The number of nitrogens with one attached hydrogen (secondary N) is 1. The summed E-state index contributed by atoms with van der Waals surface area (Å²) in [6, 6.07) is 29.1. The fraction of sp³-hybridized carbons (Fsp3) is 0.229. The van der Waals surface area contributed by atoms with Gasteiger partial charge in [0.05, 0.1) is 17.3 Å². The third-order valence-electron chi connectivity index (χ3n) is 7.96. The standard InChI is InChI=1S/C35H35N9/c1-24(22-36)21-32(38-2)40-27-16-19-43(20-17-27)23-25-10-12-28(13-11-25)44-34(29-9-6-18-39-33(29)37)42-31-15-14-30(41-35(31)44)26-7-4-3-5-8-26/h3-15,18,21,27H,16-17,19-20,23H2,1-2H3,(H2,37,39)(H,38,40)/b24-21+. The molecule has 2 aromatic carbocycles. The molecule has 1 saturated heterocycles. The van der Waals surface area contributed by atoms with Crippen molar-refractivity contribution in [3.8, 4) is 34.4 Å². The van der Waals surface area contributed by atoms with Crippen LogP contribution in [-0.2, 0) is 6.54 Å². The summed E-state index contributed by atoms with van der Waals surface area (Å²) in [6.45, 7) is 4.64. The lowest BCUT2D eigenvalue weighted by Crippen LogP contribution is -2.44. The number of imidazole rings is 1. The van der Waals surface area contributed by atoms with Crippen LogP contribution in [0.15, 0.2) is 102 Å². The molecule has 9 heteroatoms. The molecule has 44 heavy (non-hydrogen) atoms. The van der Waals surface area contributed by atoms with E-state index in [0.717, 1.165) is 72.0 Å². The number of hydrogen-bond donors (Lipinski definition) is 2. The summed E-state index contributed by atoms with van der Waals surface area (Å²) >= 11 is 0. The number of allylic oxidation sites excluding steroid dienone is 1. The maximum absolute atomic E-state index is 9.09. The molecule has 1 aliphatic rings. The molecule has 0 aliphatic carbocycles. The van der Waals surface area contributed by atoms with Crippen LogP contribution < -0.4 is 11.1 Å².